The maximum absolute atomic E-state index is 12.1. The molecule has 0 bridgehead atoms. The highest BCUT2D eigenvalue weighted by Gasteiger charge is 2.45. The fourth-order valence-electron chi connectivity index (χ4n) is 0.849. The quantitative estimate of drug-likeness (QED) is 0.747. The molecule has 7 heteroatoms. The van der Waals surface area contributed by atoms with Crippen LogP contribution in [0, 0.1) is 5.92 Å². The van der Waals surface area contributed by atoms with E-state index in [1.807, 2.05) is 0 Å². The van der Waals surface area contributed by atoms with Crippen molar-refractivity contribution < 1.29 is 32.5 Å². The summed E-state index contributed by atoms with van der Waals surface area (Å²) in [5.41, 5.74) is 0. The number of alkyl halides is 3. The molecule has 0 fully saturated rings. The molecule has 0 rings (SSSR count). The van der Waals surface area contributed by atoms with Crippen molar-refractivity contribution in [2.24, 2.45) is 5.92 Å². The van der Waals surface area contributed by atoms with Gasteiger partial charge in [0.1, 0.15) is 0 Å². The van der Waals surface area contributed by atoms with E-state index in [-0.39, 0.29) is 6.61 Å². The number of methoxy groups -OCH3 is 1. The minimum atomic E-state index is -4.79. The first kappa shape index (κ1) is 14.2. The average molecular weight is 230 g/mol. The van der Waals surface area contributed by atoms with Crippen molar-refractivity contribution in [1.29, 1.82) is 0 Å². The molecule has 0 aliphatic carbocycles. The first-order valence-electron chi connectivity index (χ1n) is 4.19. The highest BCUT2D eigenvalue weighted by molar-refractivity contribution is 5.71. The molecule has 1 N–H and O–H groups in total. The van der Waals surface area contributed by atoms with Crippen molar-refractivity contribution in [3.8, 4) is 0 Å². The van der Waals surface area contributed by atoms with Gasteiger partial charge in [-0.25, -0.2) is 0 Å². The summed E-state index contributed by atoms with van der Waals surface area (Å²) in [7, 11) is 1.37. The Morgan fingerprint density at radius 3 is 2.27 bits per heavy atom. The molecule has 4 nitrogen and oxygen atoms in total. The second-order valence-electron chi connectivity index (χ2n) is 3.03. The number of hydrogen-bond acceptors (Lipinski definition) is 3. The van der Waals surface area contributed by atoms with E-state index in [2.05, 4.69) is 4.74 Å². The highest BCUT2D eigenvalue weighted by atomic mass is 19.4. The lowest BCUT2D eigenvalue weighted by Crippen LogP contribution is -2.36. The molecule has 0 amide bonds. The van der Waals surface area contributed by atoms with Crippen LogP contribution in [0.3, 0.4) is 0 Å². The van der Waals surface area contributed by atoms with Gasteiger partial charge in [-0.2, -0.15) is 13.2 Å². The summed E-state index contributed by atoms with van der Waals surface area (Å²) in [4.78, 5) is 10.3. The Morgan fingerprint density at radius 2 is 1.93 bits per heavy atom. The Hall–Kier alpha value is -0.820. The zero-order valence-corrected chi connectivity index (χ0v) is 8.37. The summed E-state index contributed by atoms with van der Waals surface area (Å²) in [5.74, 6) is -4.43. The Balaban J connectivity index is 4.15. The minimum Gasteiger partial charge on any atom is -0.481 e. The number of carboxylic acid groups (broad SMARTS) is 1. The molecule has 0 aromatic heterocycles. The molecule has 0 heterocycles. The van der Waals surface area contributed by atoms with Gasteiger partial charge >= 0.3 is 12.1 Å². The monoisotopic (exact) mass is 230 g/mol. The third-order valence-electron chi connectivity index (χ3n) is 1.64. The van der Waals surface area contributed by atoms with Crippen molar-refractivity contribution in [2.45, 2.75) is 19.2 Å². The van der Waals surface area contributed by atoms with Crippen molar-refractivity contribution in [2.75, 3.05) is 20.3 Å². The van der Waals surface area contributed by atoms with E-state index in [9.17, 15) is 18.0 Å². The number of hydrogen-bond donors (Lipinski definition) is 1. The van der Waals surface area contributed by atoms with Gasteiger partial charge in [0.25, 0.3) is 0 Å². The zero-order chi connectivity index (χ0) is 12.1. The van der Waals surface area contributed by atoms with Crippen LogP contribution in [0.15, 0.2) is 0 Å². The van der Waals surface area contributed by atoms with E-state index in [1.165, 1.54) is 14.0 Å². The fourth-order valence-corrected chi connectivity index (χ4v) is 0.849. The van der Waals surface area contributed by atoms with Gasteiger partial charge in [-0.3, -0.25) is 4.79 Å². The number of carboxylic acids is 1. The van der Waals surface area contributed by atoms with Crippen LogP contribution in [0.2, 0.25) is 0 Å². The summed E-state index contributed by atoms with van der Waals surface area (Å²) >= 11 is 0. The largest absolute Gasteiger partial charge is 0.481 e. The fraction of sp³-hybridized carbons (Fsp3) is 0.875. The number of rotatable bonds is 6. The van der Waals surface area contributed by atoms with Gasteiger partial charge in [-0.05, 0) is 6.92 Å². The zero-order valence-electron chi connectivity index (χ0n) is 8.37. The molecule has 0 radical (unpaired) electrons. The molecule has 0 aromatic carbocycles. The second-order valence-corrected chi connectivity index (χ2v) is 3.03. The number of aliphatic carboxylic acids is 1. The molecular formula is C8H13F3O4. The molecular weight excluding hydrogens is 217 g/mol. The Bertz CT molecular complexity index is 205. The lowest BCUT2D eigenvalue weighted by atomic mass is 10.1. The number of halogens is 3. The van der Waals surface area contributed by atoms with Gasteiger partial charge in [-0.15, -0.1) is 0 Å². The molecule has 2 unspecified atom stereocenters. The SMILES string of the molecule is COCC(C)OCC(C(=O)O)C(F)(F)F. The van der Waals surface area contributed by atoms with E-state index >= 15 is 0 Å². The predicted octanol–water partition coefficient (Wildman–Crippen LogP) is 1.30. The molecule has 0 saturated carbocycles. The Labute approximate surface area is 85.0 Å². The van der Waals surface area contributed by atoms with Crippen LogP contribution < -0.4 is 0 Å². The van der Waals surface area contributed by atoms with Crippen molar-refractivity contribution >= 4 is 5.97 Å². The molecule has 0 aliphatic rings. The third kappa shape index (κ3) is 5.58. The predicted molar refractivity (Wildman–Crippen MR) is 44.5 cm³/mol. The summed E-state index contributed by atoms with van der Waals surface area (Å²) in [6.07, 6.45) is -5.36. The van der Waals surface area contributed by atoms with Crippen LogP contribution in [-0.2, 0) is 14.3 Å². The Kier molecular flexibility index (Phi) is 5.59. The van der Waals surface area contributed by atoms with Crippen LogP contribution in [-0.4, -0.2) is 43.7 Å². The Morgan fingerprint density at radius 1 is 1.40 bits per heavy atom. The van der Waals surface area contributed by atoms with Crippen LogP contribution >= 0.6 is 0 Å². The van der Waals surface area contributed by atoms with Gasteiger partial charge in [0.15, 0.2) is 5.92 Å². The molecule has 0 aromatic rings. The standard InChI is InChI=1S/C8H13F3O4/c1-5(3-14-2)15-4-6(7(12)13)8(9,10)11/h5-6H,3-4H2,1-2H3,(H,12,13). The topological polar surface area (TPSA) is 55.8 Å². The summed E-state index contributed by atoms with van der Waals surface area (Å²) in [6, 6.07) is 0. The van der Waals surface area contributed by atoms with E-state index in [0.29, 0.717) is 0 Å². The molecule has 2 atom stereocenters. The first-order chi connectivity index (χ1) is 6.79. The smallest absolute Gasteiger partial charge is 0.404 e. The molecule has 0 aliphatic heterocycles. The maximum atomic E-state index is 12.1. The van der Waals surface area contributed by atoms with Crippen molar-refractivity contribution in [3.63, 3.8) is 0 Å². The van der Waals surface area contributed by atoms with Crippen molar-refractivity contribution in [1.82, 2.24) is 0 Å². The number of carbonyl (C=O) groups is 1. The molecule has 90 valence electrons. The van der Waals surface area contributed by atoms with Crippen molar-refractivity contribution in [3.05, 3.63) is 0 Å². The molecule has 0 saturated heterocycles. The third-order valence-corrected chi connectivity index (χ3v) is 1.64. The molecule has 0 spiro atoms. The van der Waals surface area contributed by atoms with E-state index in [1.54, 1.807) is 0 Å². The van der Waals surface area contributed by atoms with Gasteiger partial charge in [0.2, 0.25) is 0 Å². The molecule has 15 heavy (non-hydrogen) atoms. The summed E-state index contributed by atoms with van der Waals surface area (Å²) < 4.78 is 45.7. The van der Waals surface area contributed by atoms with Crippen LogP contribution in [0.5, 0.6) is 0 Å². The van der Waals surface area contributed by atoms with E-state index < -0.39 is 30.8 Å². The van der Waals surface area contributed by atoms with E-state index in [0.717, 1.165) is 0 Å². The minimum absolute atomic E-state index is 0.115. The van der Waals surface area contributed by atoms with Gasteiger partial charge in [0.05, 0.1) is 19.3 Å². The van der Waals surface area contributed by atoms with Gasteiger partial charge in [0, 0.05) is 7.11 Å². The van der Waals surface area contributed by atoms with Crippen LogP contribution in [0.4, 0.5) is 13.2 Å². The van der Waals surface area contributed by atoms with E-state index in [4.69, 9.17) is 9.84 Å². The number of ether oxygens (including phenoxy) is 2. The lowest BCUT2D eigenvalue weighted by molar-refractivity contribution is -0.206. The van der Waals surface area contributed by atoms with Crippen LogP contribution in [0.1, 0.15) is 6.92 Å². The summed E-state index contributed by atoms with van der Waals surface area (Å²) in [6.45, 7) is 0.715. The van der Waals surface area contributed by atoms with Gasteiger partial charge < -0.3 is 14.6 Å². The second kappa shape index (κ2) is 5.92. The summed E-state index contributed by atoms with van der Waals surface area (Å²) in [5, 5.41) is 8.32. The normalized spacial score (nSPS) is 16.1. The first-order valence-corrected chi connectivity index (χ1v) is 4.19. The lowest BCUT2D eigenvalue weighted by Gasteiger charge is -2.18. The van der Waals surface area contributed by atoms with Crippen LogP contribution in [0.25, 0.3) is 0 Å². The average Bonchev–Trinajstić information content (AvgIpc) is 2.01. The highest BCUT2D eigenvalue weighted by Crippen LogP contribution is 2.26. The maximum Gasteiger partial charge on any atom is 0.404 e. The van der Waals surface area contributed by atoms with Gasteiger partial charge in [-0.1, -0.05) is 0 Å².